The number of carbonyl (C=O) groups excluding carboxylic acids is 1. The van der Waals surface area contributed by atoms with Crippen LogP contribution in [0.3, 0.4) is 0 Å². The fourth-order valence-corrected chi connectivity index (χ4v) is 2.41. The average Bonchev–Trinajstić information content (AvgIpc) is 2.81. The molecule has 5 nitrogen and oxygen atoms in total. The van der Waals surface area contributed by atoms with Crippen molar-refractivity contribution in [3.8, 4) is 0 Å². The first kappa shape index (κ1) is 14.5. The number of amides is 1. The van der Waals surface area contributed by atoms with E-state index >= 15 is 0 Å². The second-order valence-electron chi connectivity index (χ2n) is 4.18. The van der Waals surface area contributed by atoms with Crippen molar-refractivity contribution >= 4 is 17.7 Å². The maximum absolute atomic E-state index is 12.9. The lowest BCUT2D eigenvalue weighted by atomic mass is 10.2. The Morgan fingerprint density at radius 2 is 2.10 bits per heavy atom. The van der Waals surface area contributed by atoms with Gasteiger partial charge in [-0.2, -0.15) is 0 Å². The Kier molecular flexibility index (Phi) is 4.75. The number of hydrogen-bond acceptors (Lipinski definition) is 4. The number of nitrogens with two attached hydrogens (primary N) is 1. The summed E-state index contributed by atoms with van der Waals surface area (Å²) >= 11 is 1.21. The zero-order valence-electron chi connectivity index (χ0n) is 10.6. The lowest BCUT2D eigenvalue weighted by molar-refractivity contribution is -0.115. The lowest BCUT2D eigenvalue weighted by Crippen LogP contribution is -2.13. The standard InChI is InChI=1S/C13H14FN3O2S/c14-10-3-1-9(2-4-10)5-17-6-11(7-18)16-13(17)20-8-12(15)19/h1-4,6,18H,5,7-8H2,(H2,15,19). The summed E-state index contributed by atoms with van der Waals surface area (Å²) in [5.41, 5.74) is 6.52. The van der Waals surface area contributed by atoms with Gasteiger partial charge in [-0.1, -0.05) is 23.9 Å². The Morgan fingerprint density at radius 1 is 1.40 bits per heavy atom. The van der Waals surface area contributed by atoms with Crippen molar-refractivity contribution in [3.05, 3.63) is 47.5 Å². The summed E-state index contributed by atoms with van der Waals surface area (Å²) in [6.45, 7) is 0.301. The molecule has 106 valence electrons. The van der Waals surface area contributed by atoms with E-state index in [4.69, 9.17) is 10.8 Å². The van der Waals surface area contributed by atoms with Gasteiger partial charge in [0.1, 0.15) is 5.82 Å². The predicted molar refractivity (Wildman–Crippen MR) is 73.6 cm³/mol. The van der Waals surface area contributed by atoms with Gasteiger partial charge in [-0.05, 0) is 17.7 Å². The maximum Gasteiger partial charge on any atom is 0.227 e. The van der Waals surface area contributed by atoms with Crippen LogP contribution in [0, 0.1) is 5.82 Å². The van der Waals surface area contributed by atoms with Crippen molar-refractivity contribution in [3.63, 3.8) is 0 Å². The third-order valence-corrected chi connectivity index (χ3v) is 3.57. The third-order valence-electron chi connectivity index (χ3n) is 2.56. The summed E-state index contributed by atoms with van der Waals surface area (Å²) in [4.78, 5) is 15.0. The largest absolute Gasteiger partial charge is 0.390 e. The molecule has 1 amide bonds. The molecule has 0 aliphatic carbocycles. The molecule has 0 aliphatic rings. The maximum atomic E-state index is 12.9. The predicted octanol–water partition coefficient (Wildman–Crippen LogP) is 1.14. The molecule has 20 heavy (non-hydrogen) atoms. The molecule has 1 heterocycles. The fourth-order valence-electron chi connectivity index (χ4n) is 1.68. The molecule has 0 atom stereocenters. The normalized spacial score (nSPS) is 10.7. The summed E-state index contributed by atoms with van der Waals surface area (Å²) < 4.78 is 14.7. The van der Waals surface area contributed by atoms with E-state index in [0.717, 1.165) is 5.56 Å². The number of hydrogen-bond donors (Lipinski definition) is 2. The molecule has 7 heteroatoms. The zero-order chi connectivity index (χ0) is 14.5. The Labute approximate surface area is 119 Å². The highest BCUT2D eigenvalue weighted by atomic mass is 32.2. The minimum atomic E-state index is -0.433. The molecule has 0 unspecified atom stereocenters. The molecule has 1 aromatic carbocycles. The molecule has 3 N–H and O–H groups in total. The average molecular weight is 295 g/mol. The number of aliphatic hydroxyl groups excluding tert-OH is 1. The minimum Gasteiger partial charge on any atom is -0.390 e. The number of aromatic nitrogens is 2. The van der Waals surface area contributed by atoms with Gasteiger partial charge >= 0.3 is 0 Å². The number of thioether (sulfide) groups is 1. The SMILES string of the molecule is NC(=O)CSc1nc(CO)cn1Cc1ccc(F)cc1. The van der Waals surface area contributed by atoms with Crippen molar-refractivity contribution < 1.29 is 14.3 Å². The lowest BCUT2D eigenvalue weighted by Gasteiger charge is -2.06. The zero-order valence-corrected chi connectivity index (χ0v) is 11.4. The van der Waals surface area contributed by atoms with Gasteiger partial charge in [0.25, 0.3) is 0 Å². The van der Waals surface area contributed by atoms with Gasteiger partial charge in [0.15, 0.2) is 5.16 Å². The van der Waals surface area contributed by atoms with Crippen LogP contribution in [0.1, 0.15) is 11.3 Å². The van der Waals surface area contributed by atoms with Gasteiger partial charge in [-0.15, -0.1) is 0 Å². The van der Waals surface area contributed by atoms with Crippen LogP contribution in [0.4, 0.5) is 4.39 Å². The van der Waals surface area contributed by atoms with E-state index in [-0.39, 0.29) is 18.2 Å². The van der Waals surface area contributed by atoms with Crippen LogP contribution in [0.25, 0.3) is 0 Å². The molecule has 0 aliphatic heterocycles. The summed E-state index contributed by atoms with van der Waals surface area (Å²) in [5.74, 6) is -0.610. The molecule has 0 fully saturated rings. The summed E-state index contributed by atoms with van der Waals surface area (Å²) in [6.07, 6.45) is 1.70. The Morgan fingerprint density at radius 3 is 2.70 bits per heavy atom. The minimum absolute atomic E-state index is 0.116. The number of imidazole rings is 1. The molecule has 2 rings (SSSR count). The number of carbonyl (C=O) groups is 1. The van der Waals surface area contributed by atoms with Crippen LogP contribution in [-0.2, 0) is 17.9 Å². The van der Waals surface area contributed by atoms with Crippen molar-refractivity contribution in [2.45, 2.75) is 18.3 Å². The van der Waals surface area contributed by atoms with Crippen molar-refractivity contribution in [2.75, 3.05) is 5.75 Å². The molecule has 1 aromatic heterocycles. The van der Waals surface area contributed by atoms with Crippen LogP contribution < -0.4 is 5.73 Å². The molecule has 0 saturated carbocycles. The van der Waals surface area contributed by atoms with Gasteiger partial charge in [0.05, 0.1) is 18.1 Å². The van der Waals surface area contributed by atoms with Crippen LogP contribution in [-0.4, -0.2) is 26.3 Å². The molecule has 0 saturated heterocycles. The monoisotopic (exact) mass is 295 g/mol. The summed E-state index contributed by atoms with van der Waals surface area (Å²) in [7, 11) is 0. The second-order valence-corrected chi connectivity index (χ2v) is 5.12. The second kappa shape index (κ2) is 6.53. The van der Waals surface area contributed by atoms with Gasteiger partial charge < -0.3 is 15.4 Å². The Bertz CT molecular complexity index is 598. The summed E-state index contributed by atoms with van der Waals surface area (Å²) in [6, 6.07) is 6.12. The smallest absolute Gasteiger partial charge is 0.227 e. The van der Waals surface area contributed by atoms with E-state index in [0.29, 0.717) is 17.4 Å². The molecule has 0 bridgehead atoms. The van der Waals surface area contributed by atoms with E-state index in [2.05, 4.69) is 4.98 Å². The highest BCUT2D eigenvalue weighted by Gasteiger charge is 2.10. The number of benzene rings is 1. The van der Waals surface area contributed by atoms with Crippen LogP contribution in [0.2, 0.25) is 0 Å². The first-order valence-electron chi connectivity index (χ1n) is 5.91. The van der Waals surface area contributed by atoms with Gasteiger partial charge in [0.2, 0.25) is 5.91 Å². The van der Waals surface area contributed by atoms with Gasteiger partial charge in [-0.25, -0.2) is 9.37 Å². The topological polar surface area (TPSA) is 81.1 Å². The van der Waals surface area contributed by atoms with Gasteiger partial charge in [0, 0.05) is 12.7 Å². The van der Waals surface area contributed by atoms with Crippen molar-refractivity contribution in [1.29, 1.82) is 0 Å². The molecule has 2 aromatic rings. The molecule has 0 radical (unpaired) electrons. The number of rotatable bonds is 6. The van der Waals surface area contributed by atoms with E-state index in [1.807, 2.05) is 0 Å². The molecular weight excluding hydrogens is 281 g/mol. The third kappa shape index (κ3) is 3.82. The number of halogens is 1. The molecular formula is C13H14FN3O2S. The van der Waals surface area contributed by atoms with Crippen molar-refractivity contribution in [1.82, 2.24) is 9.55 Å². The van der Waals surface area contributed by atoms with E-state index < -0.39 is 5.91 Å². The first-order valence-corrected chi connectivity index (χ1v) is 6.89. The van der Waals surface area contributed by atoms with Gasteiger partial charge in [-0.3, -0.25) is 4.79 Å². The van der Waals surface area contributed by atoms with E-state index in [9.17, 15) is 9.18 Å². The van der Waals surface area contributed by atoms with Crippen LogP contribution in [0.5, 0.6) is 0 Å². The quantitative estimate of drug-likeness (QED) is 0.783. The Balaban J connectivity index is 2.18. The number of aliphatic hydroxyl groups is 1. The van der Waals surface area contributed by atoms with E-state index in [1.165, 1.54) is 23.9 Å². The number of primary amides is 1. The number of nitrogens with zero attached hydrogens (tertiary/aromatic N) is 2. The first-order chi connectivity index (χ1) is 9.58. The highest BCUT2D eigenvalue weighted by molar-refractivity contribution is 7.99. The summed E-state index contributed by atoms with van der Waals surface area (Å²) in [5, 5.41) is 9.72. The van der Waals surface area contributed by atoms with Crippen LogP contribution >= 0.6 is 11.8 Å². The Hall–Kier alpha value is -1.86. The highest BCUT2D eigenvalue weighted by Crippen LogP contribution is 2.19. The van der Waals surface area contributed by atoms with Crippen molar-refractivity contribution in [2.24, 2.45) is 5.73 Å². The van der Waals surface area contributed by atoms with Crippen LogP contribution in [0.15, 0.2) is 35.6 Å². The fraction of sp³-hybridized carbons (Fsp3) is 0.231. The van der Waals surface area contributed by atoms with E-state index in [1.54, 1.807) is 22.9 Å². The molecule has 0 spiro atoms.